The van der Waals surface area contributed by atoms with Gasteiger partial charge >= 0.3 is 0 Å². The van der Waals surface area contributed by atoms with Crippen LogP contribution < -0.4 is 0 Å². The molecule has 2 heteroatoms. The van der Waals surface area contributed by atoms with Crippen molar-refractivity contribution in [1.29, 1.82) is 0 Å². The Morgan fingerprint density at radius 1 is 1.00 bits per heavy atom. The largest absolute Gasteiger partial charge is 0.304 e. The number of nitrogens with zero attached hydrogens (tertiary/aromatic N) is 2. The van der Waals surface area contributed by atoms with Gasteiger partial charge in [-0.1, -0.05) is 0 Å². The SMILES string of the molecule is CN1CCN(C2CC2)CC1. The second kappa shape index (κ2) is 2.51. The molecule has 1 aliphatic heterocycles. The number of likely N-dealkylation sites (N-methyl/N-ethyl adjacent to an activating group) is 1. The minimum Gasteiger partial charge on any atom is -0.304 e. The van der Waals surface area contributed by atoms with Gasteiger partial charge in [-0.25, -0.2) is 0 Å². The molecule has 2 rings (SSSR count). The molecule has 10 heavy (non-hydrogen) atoms. The van der Waals surface area contributed by atoms with E-state index < -0.39 is 0 Å². The molecule has 1 saturated carbocycles. The summed E-state index contributed by atoms with van der Waals surface area (Å²) in [7, 11) is 2.21. The van der Waals surface area contributed by atoms with Gasteiger partial charge < -0.3 is 4.90 Å². The van der Waals surface area contributed by atoms with Crippen LogP contribution in [0.25, 0.3) is 0 Å². The van der Waals surface area contributed by atoms with Crippen LogP contribution >= 0.6 is 0 Å². The zero-order valence-corrected chi connectivity index (χ0v) is 6.71. The van der Waals surface area contributed by atoms with Crippen molar-refractivity contribution >= 4 is 0 Å². The van der Waals surface area contributed by atoms with E-state index in [2.05, 4.69) is 16.8 Å². The maximum atomic E-state index is 2.64. The maximum absolute atomic E-state index is 2.64. The Balaban J connectivity index is 1.79. The van der Waals surface area contributed by atoms with Crippen LogP contribution in [0.3, 0.4) is 0 Å². The average molecular weight is 140 g/mol. The van der Waals surface area contributed by atoms with Crippen LogP contribution in [0.15, 0.2) is 0 Å². The van der Waals surface area contributed by atoms with Gasteiger partial charge in [0.25, 0.3) is 0 Å². The highest BCUT2D eigenvalue weighted by Gasteiger charge is 2.30. The molecule has 1 saturated heterocycles. The second-order valence-corrected chi connectivity index (χ2v) is 3.57. The summed E-state index contributed by atoms with van der Waals surface area (Å²) in [5, 5.41) is 0. The lowest BCUT2D eigenvalue weighted by atomic mass is 10.3. The summed E-state index contributed by atoms with van der Waals surface area (Å²) >= 11 is 0. The van der Waals surface area contributed by atoms with Crippen LogP contribution in [-0.4, -0.2) is 49.1 Å². The molecule has 0 radical (unpaired) electrons. The highest BCUT2D eigenvalue weighted by atomic mass is 15.3. The van der Waals surface area contributed by atoms with Crippen LogP contribution in [0.1, 0.15) is 12.8 Å². The fourth-order valence-electron chi connectivity index (χ4n) is 1.63. The zero-order valence-electron chi connectivity index (χ0n) is 6.71. The number of hydrogen-bond acceptors (Lipinski definition) is 2. The average Bonchev–Trinajstić information content (AvgIpc) is 2.71. The molecule has 0 unspecified atom stereocenters. The molecule has 2 aliphatic rings. The molecule has 0 atom stereocenters. The molecule has 2 nitrogen and oxygen atoms in total. The van der Waals surface area contributed by atoms with Crippen molar-refractivity contribution in [2.24, 2.45) is 0 Å². The third-order valence-electron chi connectivity index (χ3n) is 2.60. The summed E-state index contributed by atoms with van der Waals surface area (Å²) in [6, 6.07) is 0.980. The van der Waals surface area contributed by atoms with Gasteiger partial charge in [-0.15, -0.1) is 0 Å². The quantitative estimate of drug-likeness (QED) is 0.520. The highest BCUT2D eigenvalue weighted by Crippen LogP contribution is 2.27. The van der Waals surface area contributed by atoms with Gasteiger partial charge in [-0.3, -0.25) is 4.90 Å². The first-order chi connectivity index (χ1) is 4.86. The molecule has 0 aromatic carbocycles. The van der Waals surface area contributed by atoms with Crippen LogP contribution in [0.4, 0.5) is 0 Å². The molecule has 2 fully saturated rings. The fraction of sp³-hybridized carbons (Fsp3) is 1.00. The normalized spacial score (nSPS) is 30.9. The number of rotatable bonds is 1. The lowest BCUT2D eigenvalue weighted by molar-refractivity contribution is 0.147. The van der Waals surface area contributed by atoms with Gasteiger partial charge in [-0.05, 0) is 19.9 Å². The Bertz CT molecular complexity index is 112. The molecule has 1 aliphatic carbocycles. The summed E-state index contributed by atoms with van der Waals surface area (Å²) in [6.45, 7) is 5.16. The van der Waals surface area contributed by atoms with Crippen molar-refractivity contribution in [3.05, 3.63) is 0 Å². The second-order valence-electron chi connectivity index (χ2n) is 3.57. The predicted molar refractivity (Wildman–Crippen MR) is 42.1 cm³/mol. The van der Waals surface area contributed by atoms with Gasteiger partial charge in [0.2, 0.25) is 0 Å². The summed E-state index contributed by atoms with van der Waals surface area (Å²) in [5.74, 6) is 0. The van der Waals surface area contributed by atoms with Gasteiger partial charge in [0.05, 0.1) is 0 Å². The molecule has 58 valence electrons. The maximum Gasteiger partial charge on any atom is 0.0113 e. The van der Waals surface area contributed by atoms with Crippen LogP contribution in [0.5, 0.6) is 0 Å². The minimum absolute atomic E-state index is 0.980. The monoisotopic (exact) mass is 140 g/mol. The van der Waals surface area contributed by atoms with Crippen molar-refractivity contribution in [3.8, 4) is 0 Å². The summed E-state index contributed by atoms with van der Waals surface area (Å²) in [5.41, 5.74) is 0. The van der Waals surface area contributed by atoms with Crippen molar-refractivity contribution in [2.75, 3.05) is 33.2 Å². The first-order valence-corrected chi connectivity index (χ1v) is 4.29. The Hall–Kier alpha value is -0.0800. The minimum atomic E-state index is 0.980. The predicted octanol–water partition coefficient (Wildman–Crippen LogP) is 0.396. The summed E-state index contributed by atoms with van der Waals surface area (Å²) in [4.78, 5) is 5.05. The molecule has 0 spiro atoms. The smallest absolute Gasteiger partial charge is 0.0113 e. The van der Waals surface area contributed by atoms with Crippen LogP contribution in [0, 0.1) is 0 Å². The topological polar surface area (TPSA) is 6.48 Å². The van der Waals surface area contributed by atoms with E-state index in [1.54, 1.807) is 0 Å². The van der Waals surface area contributed by atoms with Gasteiger partial charge in [0, 0.05) is 32.2 Å². The first kappa shape index (κ1) is 6.62. The van der Waals surface area contributed by atoms with Crippen molar-refractivity contribution < 1.29 is 0 Å². The molecule has 0 N–H and O–H groups in total. The Labute approximate surface area is 62.8 Å². The molecule has 1 heterocycles. The van der Waals surface area contributed by atoms with Gasteiger partial charge in [0.1, 0.15) is 0 Å². The van der Waals surface area contributed by atoms with Crippen LogP contribution in [-0.2, 0) is 0 Å². The Kier molecular flexibility index (Phi) is 1.66. The lowest BCUT2D eigenvalue weighted by Crippen LogP contribution is -2.45. The standard InChI is InChI=1S/C8H16N2/c1-9-4-6-10(7-5-9)8-2-3-8/h8H,2-7H2,1H3. The zero-order chi connectivity index (χ0) is 6.97. The van der Waals surface area contributed by atoms with Crippen molar-refractivity contribution in [2.45, 2.75) is 18.9 Å². The van der Waals surface area contributed by atoms with E-state index in [-0.39, 0.29) is 0 Å². The lowest BCUT2D eigenvalue weighted by Gasteiger charge is -2.32. The molecule has 0 amide bonds. The summed E-state index contributed by atoms with van der Waals surface area (Å²) in [6.07, 6.45) is 2.92. The Morgan fingerprint density at radius 3 is 2.10 bits per heavy atom. The third kappa shape index (κ3) is 1.32. The molecule has 0 aromatic heterocycles. The van der Waals surface area contributed by atoms with E-state index in [4.69, 9.17) is 0 Å². The molecule has 0 aromatic rings. The molecule has 0 bridgehead atoms. The molecular formula is C8H16N2. The van der Waals surface area contributed by atoms with Crippen LogP contribution in [0.2, 0.25) is 0 Å². The molecular weight excluding hydrogens is 124 g/mol. The Morgan fingerprint density at radius 2 is 1.60 bits per heavy atom. The van der Waals surface area contributed by atoms with E-state index in [9.17, 15) is 0 Å². The van der Waals surface area contributed by atoms with E-state index in [0.29, 0.717) is 0 Å². The number of hydrogen-bond donors (Lipinski definition) is 0. The highest BCUT2D eigenvalue weighted by molar-refractivity contribution is 4.86. The van der Waals surface area contributed by atoms with Gasteiger partial charge in [0.15, 0.2) is 0 Å². The van der Waals surface area contributed by atoms with Gasteiger partial charge in [-0.2, -0.15) is 0 Å². The van der Waals surface area contributed by atoms with Crippen molar-refractivity contribution in [1.82, 2.24) is 9.80 Å². The number of piperazine rings is 1. The first-order valence-electron chi connectivity index (χ1n) is 4.29. The third-order valence-corrected chi connectivity index (χ3v) is 2.60. The van der Waals surface area contributed by atoms with E-state index in [0.717, 1.165) is 6.04 Å². The van der Waals surface area contributed by atoms with E-state index in [1.165, 1.54) is 39.0 Å². The van der Waals surface area contributed by atoms with E-state index in [1.807, 2.05) is 0 Å². The van der Waals surface area contributed by atoms with Crippen molar-refractivity contribution in [3.63, 3.8) is 0 Å². The summed E-state index contributed by atoms with van der Waals surface area (Å²) < 4.78 is 0. The fourth-order valence-corrected chi connectivity index (χ4v) is 1.63. The van der Waals surface area contributed by atoms with E-state index >= 15 is 0 Å².